The van der Waals surface area contributed by atoms with Gasteiger partial charge in [0.1, 0.15) is 17.6 Å². The monoisotopic (exact) mass is 480 g/mol. The van der Waals surface area contributed by atoms with Gasteiger partial charge < -0.3 is 16.2 Å². The average Bonchev–Trinajstić information content (AvgIpc) is 2.86. The van der Waals surface area contributed by atoms with Gasteiger partial charge in [0.15, 0.2) is 0 Å². The highest BCUT2D eigenvalue weighted by Gasteiger charge is 2.31. The molecule has 1 saturated heterocycles. The number of hydrogen-bond acceptors (Lipinski definition) is 7. The standard InChI is InChI=1S/C28H40N4O3/c1-21(8-7-11-23-13-14-24(31-27(23)30)12-5-6-17-29)20-35-28(34)26(22-9-3-2-4-10-22)32-18-15-25(33)16-19-32/h2-4,9-10,13-14,21,26H,5-8,11-12,15-20,29H2,1H3,(H2,30,31). The van der Waals surface area contributed by atoms with Crippen LogP contribution in [0.2, 0.25) is 0 Å². The third-order valence-electron chi connectivity index (χ3n) is 6.67. The first-order valence-electron chi connectivity index (χ1n) is 12.9. The third kappa shape index (κ3) is 8.44. The minimum atomic E-state index is -0.467. The first-order chi connectivity index (χ1) is 17.0. The molecule has 1 aromatic heterocycles. The maximum absolute atomic E-state index is 13.1. The van der Waals surface area contributed by atoms with Crippen molar-refractivity contribution in [3.05, 3.63) is 59.3 Å². The zero-order chi connectivity index (χ0) is 25.0. The molecule has 1 fully saturated rings. The Kier molecular flexibility index (Phi) is 10.7. The van der Waals surface area contributed by atoms with Crippen LogP contribution < -0.4 is 11.5 Å². The molecule has 7 nitrogen and oxygen atoms in total. The normalized spacial score (nSPS) is 16.1. The van der Waals surface area contributed by atoms with E-state index >= 15 is 0 Å². The molecular formula is C28H40N4O3. The number of ether oxygens (including phenoxy) is 1. The van der Waals surface area contributed by atoms with E-state index in [9.17, 15) is 9.59 Å². The molecule has 0 spiro atoms. The fourth-order valence-electron chi connectivity index (χ4n) is 4.54. The number of unbranched alkanes of at least 4 members (excludes halogenated alkanes) is 1. The Bertz CT molecular complexity index is 940. The van der Waals surface area contributed by atoms with Crippen molar-refractivity contribution in [1.29, 1.82) is 0 Å². The van der Waals surface area contributed by atoms with E-state index in [1.54, 1.807) is 0 Å². The van der Waals surface area contributed by atoms with Gasteiger partial charge in [-0.05, 0) is 68.2 Å². The van der Waals surface area contributed by atoms with Crippen LogP contribution in [0.25, 0.3) is 0 Å². The van der Waals surface area contributed by atoms with E-state index in [0.29, 0.717) is 44.9 Å². The highest BCUT2D eigenvalue weighted by molar-refractivity contribution is 5.81. The smallest absolute Gasteiger partial charge is 0.328 e. The molecule has 35 heavy (non-hydrogen) atoms. The predicted molar refractivity (Wildman–Crippen MR) is 139 cm³/mol. The van der Waals surface area contributed by atoms with Crippen molar-refractivity contribution in [3.8, 4) is 0 Å². The van der Waals surface area contributed by atoms with Crippen LogP contribution >= 0.6 is 0 Å². The van der Waals surface area contributed by atoms with E-state index in [-0.39, 0.29) is 17.7 Å². The summed E-state index contributed by atoms with van der Waals surface area (Å²) in [6.07, 6.45) is 6.64. The van der Waals surface area contributed by atoms with Gasteiger partial charge in [0.05, 0.1) is 6.61 Å². The van der Waals surface area contributed by atoms with Crippen molar-refractivity contribution in [2.45, 2.75) is 64.3 Å². The molecule has 0 radical (unpaired) electrons. The molecule has 0 saturated carbocycles. The molecule has 0 bridgehead atoms. The fraction of sp³-hybridized carbons (Fsp3) is 0.536. The highest BCUT2D eigenvalue weighted by Crippen LogP contribution is 2.26. The summed E-state index contributed by atoms with van der Waals surface area (Å²) in [5.74, 6) is 0.867. The van der Waals surface area contributed by atoms with Gasteiger partial charge in [-0.2, -0.15) is 0 Å². The van der Waals surface area contributed by atoms with Gasteiger partial charge in [0.25, 0.3) is 0 Å². The second-order valence-corrected chi connectivity index (χ2v) is 9.61. The van der Waals surface area contributed by atoms with Crippen molar-refractivity contribution in [3.63, 3.8) is 0 Å². The number of Topliss-reactive ketones (excluding diaryl/α,β-unsaturated/α-hetero) is 1. The number of carbonyl (C=O) groups is 2. The lowest BCUT2D eigenvalue weighted by molar-refractivity contribution is -0.153. The van der Waals surface area contributed by atoms with Crippen LogP contribution in [0, 0.1) is 5.92 Å². The topological polar surface area (TPSA) is 112 Å². The summed E-state index contributed by atoms with van der Waals surface area (Å²) in [6.45, 7) is 4.36. The Morgan fingerprint density at radius 2 is 1.80 bits per heavy atom. The number of rotatable bonds is 13. The molecule has 2 atom stereocenters. The Morgan fingerprint density at radius 3 is 2.49 bits per heavy atom. The maximum Gasteiger partial charge on any atom is 0.328 e. The molecule has 1 aliphatic heterocycles. The van der Waals surface area contributed by atoms with Crippen molar-refractivity contribution >= 4 is 17.6 Å². The van der Waals surface area contributed by atoms with Crippen LogP contribution in [0.15, 0.2) is 42.5 Å². The van der Waals surface area contributed by atoms with E-state index in [1.807, 2.05) is 30.3 Å². The predicted octanol–water partition coefficient (Wildman–Crippen LogP) is 3.85. The Morgan fingerprint density at radius 1 is 1.06 bits per heavy atom. The molecule has 190 valence electrons. The molecule has 7 heteroatoms. The molecule has 0 aliphatic carbocycles. The van der Waals surface area contributed by atoms with Crippen LogP contribution in [0.4, 0.5) is 5.82 Å². The van der Waals surface area contributed by atoms with Gasteiger partial charge in [-0.25, -0.2) is 9.78 Å². The lowest BCUT2D eigenvalue weighted by Gasteiger charge is -2.33. The number of esters is 1. The largest absolute Gasteiger partial charge is 0.464 e. The zero-order valence-electron chi connectivity index (χ0n) is 21.0. The number of aromatic nitrogens is 1. The number of nitrogen functional groups attached to an aromatic ring is 1. The number of piperidine rings is 1. The number of aryl methyl sites for hydroxylation is 2. The lowest BCUT2D eigenvalue weighted by atomic mass is 10.0. The first kappa shape index (κ1) is 26.8. The van der Waals surface area contributed by atoms with Crippen molar-refractivity contribution in [1.82, 2.24) is 9.88 Å². The van der Waals surface area contributed by atoms with Gasteiger partial charge >= 0.3 is 5.97 Å². The molecule has 1 aliphatic rings. The maximum atomic E-state index is 13.1. The van der Waals surface area contributed by atoms with E-state index in [0.717, 1.165) is 55.3 Å². The van der Waals surface area contributed by atoms with Crippen LogP contribution in [0.3, 0.4) is 0 Å². The van der Waals surface area contributed by atoms with Crippen LogP contribution in [-0.4, -0.2) is 47.9 Å². The third-order valence-corrected chi connectivity index (χ3v) is 6.67. The number of nitrogens with zero attached hydrogens (tertiary/aromatic N) is 2. The summed E-state index contributed by atoms with van der Waals surface area (Å²) in [5.41, 5.74) is 14.7. The molecule has 2 aromatic rings. The Labute approximate surface area is 209 Å². The van der Waals surface area contributed by atoms with Crippen molar-refractivity contribution < 1.29 is 14.3 Å². The summed E-state index contributed by atoms with van der Waals surface area (Å²) < 4.78 is 5.78. The minimum absolute atomic E-state index is 0.239. The van der Waals surface area contributed by atoms with Gasteiger partial charge in [-0.3, -0.25) is 9.69 Å². The van der Waals surface area contributed by atoms with Crippen LogP contribution in [-0.2, 0) is 27.2 Å². The molecule has 1 aromatic carbocycles. The molecular weight excluding hydrogens is 440 g/mol. The summed E-state index contributed by atoms with van der Waals surface area (Å²) in [4.78, 5) is 31.4. The molecule has 0 amide bonds. The zero-order valence-corrected chi connectivity index (χ0v) is 21.0. The van der Waals surface area contributed by atoms with E-state index in [2.05, 4.69) is 28.9 Å². The quantitative estimate of drug-likeness (QED) is 0.331. The second-order valence-electron chi connectivity index (χ2n) is 9.61. The molecule has 3 rings (SSSR count). The van der Waals surface area contributed by atoms with Crippen LogP contribution in [0.1, 0.15) is 68.3 Å². The number of nitrogens with two attached hydrogens (primary N) is 2. The summed E-state index contributed by atoms with van der Waals surface area (Å²) in [5, 5.41) is 0. The molecule has 2 unspecified atom stereocenters. The van der Waals surface area contributed by atoms with E-state index in [4.69, 9.17) is 16.2 Å². The number of carbonyl (C=O) groups excluding carboxylic acids is 2. The number of pyridine rings is 1. The number of likely N-dealkylation sites (tertiary alicyclic amines) is 1. The van der Waals surface area contributed by atoms with Crippen molar-refractivity contribution in [2.75, 3.05) is 32.0 Å². The summed E-state index contributed by atoms with van der Waals surface area (Å²) in [7, 11) is 0. The molecule has 2 heterocycles. The van der Waals surface area contributed by atoms with Crippen LogP contribution in [0.5, 0.6) is 0 Å². The Hall–Kier alpha value is -2.77. The summed E-state index contributed by atoms with van der Waals surface area (Å²) in [6, 6.07) is 13.4. The highest BCUT2D eigenvalue weighted by atomic mass is 16.5. The van der Waals surface area contributed by atoms with Crippen molar-refractivity contribution in [2.24, 2.45) is 11.7 Å². The lowest BCUT2D eigenvalue weighted by Crippen LogP contribution is -2.41. The van der Waals surface area contributed by atoms with Gasteiger partial charge in [-0.15, -0.1) is 0 Å². The van der Waals surface area contributed by atoms with Gasteiger partial charge in [0, 0.05) is 31.6 Å². The minimum Gasteiger partial charge on any atom is -0.464 e. The molecule has 4 N–H and O–H groups in total. The van der Waals surface area contributed by atoms with Gasteiger partial charge in [0.2, 0.25) is 0 Å². The van der Waals surface area contributed by atoms with E-state index in [1.165, 1.54) is 0 Å². The Balaban J connectivity index is 1.47. The number of hydrogen-bond donors (Lipinski definition) is 2. The number of ketones is 1. The SMILES string of the molecule is CC(CCCc1ccc(CCCCN)nc1N)COC(=O)C(c1ccccc1)N1CCC(=O)CC1. The second kappa shape index (κ2) is 14.0. The number of benzene rings is 1. The van der Waals surface area contributed by atoms with Gasteiger partial charge in [-0.1, -0.05) is 43.3 Å². The van der Waals surface area contributed by atoms with E-state index < -0.39 is 6.04 Å². The number of anilines is 1. The fourth-order valence-corrected chi connectivity index (χ4v) is 4.54. The first-order valence-corrected chi connectivity index (χ1v) is 12.9. The summed E-state index contributed by atoms with van der Waals surface area (Å²) >= 11 is 0. The average molecular weight is 481 g/mol.